The van der Waals surface area contributed by atoms with E-state index in [0.29, 0.717) is 19.5 Å². The van der Waals surface area contributed by atoms with Gasteiger partial charge >= 0.3 is 0 Å². The maximum atomic E-state index is 10.8. The van der Waals surface area contributed by atoms with E-state index in [2.05, 4.69) is 61.6 Å². The summed E-state index contributed by atoms with van der Waals surface area (Å²) in [5.74, 6) is 0.614. The van der Waals surface area contributed by atoms with Gasteiger partial charge in [-0.3, -0.25) is 10.1 Å². The molecule has 2 atom stereocenters. The second kappa shape index (κ2) is 5.33. The Morgan fingerprint density at radius 1 is 1.37 bits per heavy atom. The molecule has 0 aromatic heterocycles. The minimum Gasteiger partial charge on any atom is -0.487 e. The second-order valence-electron chi connectivity index (χ2n) is 5.13. The van der Waals surface area contributed by atoms with Crippen molar-refractivity contribution < 1.29 is 9.66 Å². The molecule has 0 bridgehead atoms. The van der Waals surface area contributed by atoms with Crippen LogP contribution < -0.4 is 4.74 Å². The summed E-state index contributed by atoms with van der Waals surface area (Å²) in [6.45, 7) is 4.27. The number of nitrogens with zero attached hydrogens (tertiary/aromatic N) is 1. The molecule has 2 rings (SSSR count). The van der Waals surface area contributed by atoms with Crippen LogP contribution in [0.2, 0.25) is 0 Å². The number of hydrogen-bond donors (Lipinski definition) is 0. The molecule has 19 heavy (non-hydrogen) atoms. The van der Waals surface area contributed by atoms with Crippen LogP contribution in [0.15, 0.2) is 21.1 Å². The molecular formula is C12H12Br3NO3. The zero-order valence-electron chi connectivity index (χ0n) is 10.3. The lowest BCUT2D eigenvalue weighted by Crippen LogP contribution is -2.53. The van der Waals surface area contributed by atoms with Gasteiger partial charge in [-0.2, -0.15) is 0 Å². The predicted octanol–water partition coefficient (Wildman–Crippen LogP) is 5.06. The van der Waals surface area contributed by atoms with E-state index in [1.165, 1.54) is 12.1 Å². The van der Waals surface area contributed by atoms with Gasteiger partial charge in [-0.1, -0.05) is 29.8 Å². The van der Waals surface area contributed by atoms with Crippen molar-refractivity contribution >= 4 is 53.5 Å². The van der Waals surface area contributed by atoms with Gasteiger partial charge in [0.05, 0.1) is 13.9 Å². The Balaban J connectivity index is 2.25. The predicted molar refractivity (Wildman–Crippen MR) is 84.0 cm³/mol. The van der Waals surface area contributed by atoms with Crippen molar-refractivity contribution in [2.75, 3.05) is 0 Å². The number of nitro benzene ring substituents is 1. The third-order valence-electron chi connectivity index (χ3n) is 3.51. The van der Waals surface area contributed by atoms with E-state index in [9.17, 15) is 10.1 Å². The van der Waals surface area contributed by atoms with Crippen LogP contribution in [0.1, 0.15) is 20.3 Å². The van der Waals surface area contributed by atoms with Gasteiger partial charge in [0.25, 0.3) is 5.69 Å². The summed E-state index contributed by atoms with van der Waals surface area (Å²) >= 11 is 10.3. The van der Waals surface area contributed by atoms with E-state index in [1.54, 1.807) is 0 Å². The van der Waals surface area contributed by atoms with E-state index < -0.39 is 4.92 Å². The van der Waals surface area contributed by atoms with Crippen LogP contribution in [0.5, 0.6) is 5.75 Å². The van der Waals surface area contributed by atoms with Gasteiger partial charge in [0.1, 0.15) is 11.9 Å². The van der Waals surface area contributed by atoms with E-state index in [0.717, 1.165) is 6.42 Å². The van der Waals surface area contributed by atoms with E-state index in [1.807, 2.05) is 0 Å². The van der Waals surface area contributed by atoms with E-state index >= 15 is 0 Å². The lowest BCUT2D eigenvalue weighted by Gasteiger charge is -2.48. The Morgan fingerprint density at radius 3 is 2.26 bits per heavy atom. The summed E-state index contributed by atoms with van der Waals surface area (Å²) < 4.78 is 7.16. The number of hydrogen-bond acceptors (Lipinski definition) is 3. The van der Waals surface area contributed by atoms with Crippen molar-refractivity contribution in [3.8, 4) is 5.75 Å². The number of halogens is 3. The lowest BCUT2D eigenvalue weighted by atomic mass is 9.69. The van der Waals surface area contributed by atoms with Crippen molar-refractivity contribution in [2.45, 2.75) is 31.2 Å². The average Bonchev–Trinajstić information content (AvgIpc) is 2.31. The molecule has 0 radical (unpaired) electrons. The number of ether oxygens (including phenoxy) is 1. The quantitative estimate of drug-likeness (QED) is 0.362. The molecule has 0 saturated heterocycles. The van der Waals surface area contributed by atoms with Gasteiger partial charge in [-0.05, 0) is 38.3 Å². The minimum atomic E-state index is -0.429. The molecule has 1 aromatic rings. The van der Waals surface area contributed by atoms with Crippen molar-refractivity contribution in [1.29, 1.82) is 0 Å². The fourth-order valence-corrected chi connectivity index (χ4v) is 3.93. The van der Waals surface area contributed by atoms with Crippen LogP contribution in [0.3, 0.4) is 0 Å². The monoisotopic (exact) mass is 455 g/mol. The van der Waals surface area contributed by atoms with Gasteiger partial charge in [0.15, 0.2) is 0 Å². The Hall–Kier alpha value is -0.140. The fraction of sp³-hybridized carbons (Fsp3) is 0.500. The normalized spacial score (nSPS) is 24.7. The second-order valence-corrected chi connectivity index (χ2v) is 7.94. The molecular weight excluding hydrogens is 446 g/mol. The first-order valence-corrected chi connectivity index (χ1v) is 8.17. The maximum absolute atomic E-state index is 10.8. The smallest absolute Gasteiger partial charge is 0.271 e. The molecule has 1 aromatic carbocycles. The first kappa shape index (κ1) is 15.3. The standard InChI is InChI=1S/C12H12Br3NO3/c1-12(2)9(15)5-10(12)19-11-7(13)3-6(16(17)18)4-8(11)14/h3-4,9-10H,5H2,1-2H3. The molecule has 104 valence electrons. The number of alkyl halides is 1. The fourth-order valence-electron chi connectivity index (χ4n) is 1.94. The van der Waals surface area contributed by atoms with Crippen molar-refractivity contribution in [3.63, 3.8) is 0 Å². The van der Waals surface area contributed by atoms with Crippen molar-refractivity contribution in [2.24, 2.45) is 5.41 Å². The largest absolute Gasteiger partial charge is 0.487 e. The summed E-state index contributed by atoms with van der Waals surface area (Å²) in [7, 11) is 0. The Morgan fingerprint density at radius 2 is 1.89 bits per heavy atom. The highest BCUT2D eigenvalue weighted by atomic mass is 79.9. The van der Waals surface area contributed by atoms with Crippen molar-refractivity contribution in [3.05, 3.63) is 31.2 Å². The zero-order valence-corrected chi connectivity index (χ0v) is 15.1. The van der Waals surface area contributed by atoms with Gasteiger partial charge in [-0.25, -0.2) is 0 Å². The Kier molecular flexibility index (Phi) is 4.28. The summed E-state index contributed by atoms with van der Waals surface area (Å²) in [4.78, 5) is 10.8. The molecule has 0 amide bonds. The van der Waals surface area contributed by atoms with E-state index in [4.69, 9.17) is 4.74 Å². The molecule has 4 nitrogen and oxygen atoms in total. The molecule has 1 aliphatic rings. The SMILES string of the molecule is CC1(C)C(Br)CC1Oc1c(Br)cc([N+](=O)[O-])cc1Br. The molecule has 7 heteroatoms. The van der Waals surface area contributed by atoms with Gasteiger partial charge in [-0.15, -0.1) is 0 Å². The molecule has 0 spiro atoms. The molecule has 1 fully saturated rings. The first-order valence-electron chi connectivity index (χ1n) is 5.67. The van der Waals surface area contributed by atoms with Crippen LogP contribution >= 0.6 is 47.8 Å². The summed E-state index contributed by atoms with van der Waals surface area (Å²) in [5.41, 5.74) is 0.0676. The molecule has 1 aliphatic carbocycles. The summed E-state index contributed by atoms with van der Waals surface area (Å²) in [5, 5.41) is 10.8. The summed E-state index contributed by atoms with van der Waals surface area (Å²) in [6, 6.07) is 2.91. The third-order valence-corrected chi connectivity index (χ3v) is 6.24. The minimum absolute atomic E-state index is 0.0253. The maximum Gasteiger partial charge on any atom is 0.271 e. The molecule has 1 saturated carbocycles. The highest BCUT2D eigenvalue weighted by Crippen LogP contribution is 2.49. The third kappa shape index (κ3) is 2.83. The molecule has 0 aliphatic heterocycles. The van der Waals surface area contributed by atoms with Crippen LogP contribution in [-0.2, 0) is 0 Å². The van der Waals surface area contributed by atoms with Crippen LogP contribution in [0, 0.1) is 15.5 Å². The summed E-state index contributed by atoms with van der Waals surface area (Å²) in [6.07, 6.45) is 1.01. The number of non-ortho nitro benzene ring substituents is 1. The molecule has 0 heterocycles. The van der Waals surface area contributed by atoms with Gasteiger partial charge in [0, 0.05) is 22.4 Å². The zero-order chi connectivity index (χ0) is 14.4. The Bertz CT molecular complexity index is 510. The first-order chi connectivity index (χ1) is 8.73. The van der Waals surface area contributed by atoms with Crippen LogP contribution in [0.25, 0.3) is 0 Å². The van der Waals surface area contributed by atoms with Crippen LogP contribution in [0.4, 0.5) is 5.69 Å². The topological polar surface area (TPSA) is 52.4 Å². The average molecular weight is 458 g/mol. The highest BCUT2D eigenvalue weighted by Gasteiger charge is 2.49. The highest BCUT2D eigenvalue weighted by molar-refractivity contribution is 9.11. The molecule has 0 N–H and O–H groups in total. The van der Waals surface area contributed by atoms with Gasteiger partial charge in [0.2, 0.25) is 0 Å². The van der Waals surface area contributed by atoms with Gasteiger partial charge < -0.3 is 4.74 Å². The Labute approximate surface area is 136 Å². The number of benzene rings is 1. The van der Waals surface area contributed by atoms with E-state index in [-0.39, 0.29) is 17.2 Å². The number of nitro groups is 1. The number of rotatable bonds is 3. The lowest BCUT2D eigenvalue weighted by molar-refractivity contribution is -0.385. The van der Waals surface area contributed by atoms with Crippen LogP contribution in [-0.4, -0.2) is 15.9 Å². The molecule has 2 unspecified atom stereocenters. The van der Waals surface area contributed by atoms with Crippen molar-refractivity contribution in [1.82, 2.24) is 0 Å².